The van der Waals surface area contributed by atoms with Crippen molar-refractivity contribution in [3.8, 4) is 11.5 Å². The van der Waals surface area contributed by atoms with Gasteiger partial charge < -0.3 is 14.6 Å². The second kappa shape index (κ2) is 6.91. The number of hydrogen-bond acceptors (Lipinski definition) is 4. The summed E-state index contributed by atoms with van der Waals surface area (Å²) in [4.78, 5) is 4.25. The first kappa shape index (κ1) is 14.3. The summed E-state index contributed by atoms with van der Waals surface area (Å²) in [5.74, 6) is 1.37. The lowest BCUT2D eigenvalue weighted by Gasteiger charge is -2.15. The van der Waals surface area contributed by atoms with Gasteiger partial charge in [-0.1, -0.05) is 6.07 Å². The van der Waals surface area contributed by atoms with E-state index in [-0.39, 0.29) is 0 Å². The predicted octanol–water partition coefficient (Wildman–Crippen LogP) is 2.77. The minimum absolute atomic E-state index is 0.584. The fourth-order valence-corrected chi connectivity index (χ4v) is 2.09. The van der Waals surface area contributed by atoms with Crippen LogP contribution in [-0.4, -0.2) is 24.3 Å². The summed E-state index contributed by atoms with van der Waals surface area (Å²) >= 11 is 0. The Balaban J connectivity index is 2.09. The van der Waals surface area contributed by atoms with Gasteiger partial charge >= 0.3 is 0 Å². The van der Waals surface area contributed by atoms with E-state index < -0.39 is 6.10 Å². The number of aromatic nitrogens is 1. The standard InChI is InChI=1S/C16H19NO3/c1-19-13-7-9-16(20-2)14(11-13)15(18)8-6-12-5-3-4-10-17-12/h3-5,7,9-11,15,18H,6,8H2,1-2H3. The summed E-state index contributed by atoms with van der Waals surface area (Å²) in [5, 5.41) is 10.4. The number of benzene rings is 1. The Morgan fingerprint density at radius 2 is 2.00 bits per heavy atom. The molecule has 0 saturated carbocycles. The zero-order valence-electron chi connectivity index (χ0n) is 11.7. The molecular weight excluding hydrogens is 254 g/mol. The molecule has 1 aromatic heterocycles. The van der Waals surface area contributed by atoms with Crippen molar-refractivity contribution in [1.82, 2.24) is 4.98 Å². The minimum atomic E-state index is -0.609. The van der Waals surface area contributed by atoms with Crippen LogP contribution in [0, 0.1) is 0 Å². The minimum Gasteiger partial charge on any atom is -0.497 e. The molecule has 0 aliphatic heterocycles. The smallest absolute Gasteiger partial charge is 0.124 e. The van der Waals surface area contributed by atoms with Gasteiger partial charge in [-0.2, -0.15) is 0 Å². The molecular formula is C16H19NO3. The summed E-state index contributed by atoms with van der Waals surface area (Å²) in [6.45, 7) is 0. The Bertz CT molecular complexity index is 543. The molecule has 2 aromatic rings. The van der Waals surface area contributed by atoms with Crippen molar-refractivity contribution in [2.24, 2.45) is 0 Å². The topological polar surface area (TPSA) is 51.6 Å². The van der Waals surface area contributed by atoms with Crippen molar-refractivity contribution in [1.29, 1.82) is 0 Å². The van der Waals surface area contributed by atoms with Gasteiger partial charge in [-0.15, -0.1) is 0 Å². The molecule has 0 saturated heterocycles. The van der Waals surface area contributed by atoms with Gasteiger partial charge in [0.25, 0.3) is 0 Å². The Morgan fingerprint density at radius 3 is 2.65 bits per heavy atom. The number of aliphatic hydroxyl groups excluding tert-OH is 1. The molecule has 0 aliphatic rings. The average molecular weight is 273 g/mol. The van der Waals surface area contributed by atoms with E-state index >= 15 is 0 Å². The first-order chi connectivity index (χ1) is 9.74. The summed E-state index contributed by atoms with van der Waals surface area (Å²) in [6.07, 6.45) is 2.44. The van der Waals surface area contributed by atoms with E-state index in [9.17, 15) is 5.11 Å². The highest BCUT2D eigenvalue weighted by molar-refractivity contribution is 5.41. The number of rotatable bonds is 6. The zero-order valence-corrected chi connectivity index (χ0v) is 11.7. The number of methoxy groups -OCH3 is 2. The van der Waals surface area contributed by atoms with E-state index in [1.807, 2.05) is 30.3 Å². The third-order valence-electron chi connectivity index (χ3n) is 3.20. The van der Waals surface area contributed by atoms with Gasteiger partial charge in [-0.05, 0) is 43.2 Å². The lowest BCUT2D eigenvalue weighted by Crippen LogP contribution is -2.03. The molecule has 20 heavy (non-hydrogen) atoms. The highest BCUT2D eigenvalue weighted by atomic mass is 16.5. The normalized spacial score (nSPS) is 11.9. The van der Waals surface area contributed by atoms with Gasteiger partial charge in [0, 0.05) is 17.5 Å². The van der Waals surface area contributed by atoms with E-state index in [1.165, 1.54) is 0 Å². The number of nitrogens with zero attached hydrogens (tertiary/aromatic N) is 1. The Labute approximate surface area is 119 Å². The second-order valence-electron chi connectivity index (χ2n) is 4.48. The molecule has 0 bridgehead atoms. The average Bonchev–Trinajstić information content (AvgIpc) is 2.52. The fourth-order valence-electron chi connectivity index (χ4n) is 2.09. The van der Waals surface area contributed by atoms with E-state index in [1.54, 1.807) is 26.5 Å². The molecule has 2 rings (SSSR count). The monoisotopic (exact) mass is 273 g/mol. The van der Waals surface area contributed by atoms with Crippen molar-refractivity contribution < 1.29 is 14.6 Å². The van der Waals surface area contributed by atoms with Gasteiger partial charge in [0.1, 0.15) is 11.5 Å². The quantitative estimate of drug-likeness (QED) is 0.879. The van der Waals surface area contributed by atoms with Crippen LogP contribution < -0.4 is 9.47 Å². The molecule has 0 spiro atoms. The molecule has 106 valence electrons. The van der Waals surface area contributed by atoms with Crippen LogP contribution in [0.1, 0.15) is 23.8 Å². The van der Waals surface area contributed by atoms with E-state index in [0.717, 1.165) is 11.3 Å². The number of aryl methyl sites for hydroxylation is 1. The van der Waals surface area contributed by atoms with Crippen LogP contribution in [0.2, 0.25) is 0 Å². The number of aliphatic hydroxyl groups is 1. The molecule has 1 heterocycles. The number of pyridine rings is 1. The molecule has 0 amide bonds. The van der Waals surface area contributed by atoms with Crippen LogP contribution in [-0.2, 0) is 6.42 Å². The van der Waals surface area contributed by atoms with Gasteiger partial charge in [-0.25, -0.2) is 0 Å². The Morgan fingerprint density at radius 1 is 1.15 bits per heavy atom. The van der Waals surface area contributed by atoms with Crippen molar-refractivity contribution in [3.63, 3.8) is 0 Å². The molecule has 1 unspecified atom stereocenters. The van der Waals surface area contributed by atoms with Gasteiger partial charge in [-0.3, -0.25) is 4.98 Å². The van der Waals surface area contributed by atoms with Crippen molar-refractivity contribution in [2.45, 2.75) is 18.9 Å². The van der Waals surface area contributed by atoms with E-state index in [0.29, 0.717) is 24.3 Å². The maximum Gasteiger partial charge on any atom is 0.124 e. The van der Waals surface area contributed by atoms with Gasteiger partial charge in [0.15, 0.2) is 0 Å². The van der Waals surface area contributed by atoms with Crippen LogP contribution in [0.5, 0.6) is 11.5 Å². The molecule has 0 radical (unpaired) electrons. The van der Waals surface area contributed by atoms with Crippen LogP contribution in [0.3, 0.4) is 0 Å². The summed E-state index contributed by atoms with van der Waals surface area (Å²) in [5.41, 5.74) is 1.70. The third kappa shape index (κ3) is 3.48. The lowest BCUT2D eigenvalue weighted by molar-refractivity contribution is 0.163. The fraction of sp³-hybridized carbons (Fsp3) is 0.312. The van der Waals surface area contributed by atoms with Crippen LogP contribution in [0.25, 0.3) is 0 Å². The largest absolute Gasteiger partial charge is 0.497 e. The zero-order chi connectivity index (χ0) is 14.4. The SMILES string of the molecule is COc1ccc(OC)c(C(O)CCc2ccccn2)c1. The maximum atomic E-state index is 10.4. The lowest BCUT2D eigenvalue weighted by atomic mass is 10.0. The highest BCUT2D eigenvalue weighted by Crippen LogP contribution is 2.31. The summed E-state index contributed by atoms with van der Waals surface area (Å²) in [7, 11) is 3.20. The highest BCUT2D eigenvalue weighted by Gasteiger charge is 2.14. The van der Waals surface area contributed by atoms with Crippen molar-refractivity contribution in [3.05, 3.63) is 53.9 Å². The Kier molecular flexibility index (Phi) is 4.96. The number of hydrogen-bond donors (Lipinski definition) is 1. The predicted molar refractivity (Wildman–Crippen MR) is 77.1 cm³/mol. The molecule has 0 aliphatic carbocycles. The molecule has 4 nitrogen and oxygen atoms in total. The molecule has 4 heteroatoms. The Hall–Kier alpha value is -2.07. The summed E-state index contributed by atoms with van der Waals surface area (Å²) in [6, 6.07) is 11.2. The van der Waals surface area contributed by atoms with Crippen LogP contribution in [0.15, 0.2) is 42.6 Å². The van der Waals surface area contributed by atoms with Crippen molar-refractivity contribution >= 4 is 0 Å². The molecule has 1 atom stereocenters. The molecule has 0 fully saturated rings. The van der Waals surface area contributed by atoms with Crippen molar-refractivity contribution in [2.75, 3.05) is 14.2 Å². The first-order valence-electron chi connectivity index (χ1n) is 6.54. The molecule has 1 N–H and O–H groups in total. The second-order valence-corrected chi connectivity index (χ2v) is 4.48. The van der Waals surface area contributed by atoms with Gasteiger partial charge in [0.2, 0.25) is 0 Å². The summed E-state index contributed by atoms with van der Waals surface area (Å²) < 4.78 is 10.5. The van der Waals surface area contributed by atoms with Crippen LogP contribution in [0.4, 0.5) is 0 Å². The molecule has 1 aromatic carbocycles. The van der Waals surface area contributed by atoms with Crippen LogP contribution >= 0.6 is 0 Å². The van der Waals surface area contributed by atoms with E-state index in [2.05, 4.69) is 4.98 Å². The van der Waals surface area contributed by atoms with Gasteiger partial charge in [0.05, 0.1) is 20.3 Å². The third-order valence-corrected chi connectivity index (χ3v) is 3.20. The maximum absolute atomic E-state index is 10.4. The van der Waals surface area contributed by atoms with E-state index in [4.69, 9.17) is 9.47 Å². The number of ether oxygens (including phenoxy) is 2. The first-order valence-corrected chi connectivity index (χ1v) is 6.54.